The quantitative estimate of drug-likeness (QED) is 0.456. The van der Waals surface area contributed by atoms with Gasteiger partial charge in [0, 0.05) is 12.1 Å². The van der Waals surface area contributed by atoms with Gasteiger partial charge in [0.05, 0.1) is 0 Å². The fourth-order valence-electron chi connectivity index (χ4n) is 2.85. The molecule has 0 fully saturated rings. The van der Waals surface area contributed by atoms with Crippen LogP contribution in [0.25, 0.3) is 0 Å². The van der Waals surface area contributed by atoms with Crippen molar-refractivity contribution in [2.24, 2.45) is 5.73 Å². The smallest absolute Gasteiger partial charge is 0.0303 e. The Hall–Kier alpha value is -0.0800. The third kappa shape index (κ3) is 8.26. The Bertz CT molecular complexity index is 198. The Labute approximate surface area is 128 Å². The minimum atomic E-state index is 0.219. The molecule has 0 saturated heterocycles. The lowest BCUT2D eigenvalue weighted by atomic mass is 9.91. The Morgan fingerprint density at radius 3 is 1.70 bits per heavy atom. The molecule has 0 aliphatic rings. The lowest BCUT2D eigenvalue weighted by Crippen LogP contribution is -2.52. The molecule has 2 N–H and O–H groups in total. The van der Waals surface area contributed by atoms with E-state index in [2.05, 4.69) is 32.6 Å². The Kier molecular flexibility index (Phi) is 12.6. The highest BCUT2D eigenvalue weighted by molar-refractivity contribution is 4.87. The lowest BCUT2D eigenvalue weighted by Gasteiger charge is -2.41. The molecular weight excluding hydrogens is 244 g/mol. The van der Waals surface area contributed by atoms with Gasteiger partial charge >= 0.3 is 0 Å². The molecule has 122 valence electrons. The second kappa shape index (κ2) is 12.6. The van der Waals surface area contributed by atoms with Crippen LogP contribution >= 0.6 is 0 Å². The first-order valence-electron chi connectivity index (χ1n) is 9.09. The van der Waals surface area contributed by atoms with Crippen molar-refractivity contribution in [2.45, 2.75) is 97.4 Å². The van der Waals surface area contributed by atoms with Crippen molar-refractivity contribution in [1.82, 2.24) is 4.90 Å². The molecule has 0 rings (SSSR count). The SMILES string of the molecule is CCCCCCCC(C)(CN)N(CCCC)CCCC. The maximum Gasteiger partial charge on any atom is 0.0303 e. The van der Waals surface area contributed by atoms with Gasteiger partial charge in [0.2, 0.25) is 0 Å². The van der Waals surface area contributed by atoms with Crippen LogP contribution in [0, 0.1) is 0 Å². The number of nitrogens with two attached hydrogens (primary N) is 1. The maximum atomic E-state index is 6.15. The molecule has 0 saturated carbocycles. The zero-order chi connectivity index (χ0) is 15.3. The van der Waals surface area contributed by atoms with Gasteiger partial charge in [-0.25, -0.2) is 0 Å². The molecule has 0 spiro atoms. The van der Waals surface area contributed by atoms with Crippen molar-refractivity contribution in [2.75, 3.05) is 19.6 Å². The lowest BCUT2D eigenvalue weighted by molar-refractivity contribution is 0.0945. The predicted molar refractivity (Wildman–Crippen MR) is 92.2 cm³/mol. The molecule has 20 heavy (non-hydrogen) atoms. The van der Waals surface area contributed by atoms with E-state index in [1.54, 1.807) is 0 Å². The second-order valence-electron chi connectivity index (χ2n) is 6.56. The van der Waals surface area contributed by atoms with Gasteiger partial charge in [-0.3, -0.25) is 4.90 Å². The van der Waals surface area contributed by atoms with Gasteiger partial charge in [0.1, 0.15) is 0 Å². The summed E-state index contributed by atoms with van der Waals surface area (Å²) in [5.41, 5.74) is 6.37. The van der Waals surface area contributed by atoms with E-state index in [0.29, 0.717) is 0 Å². The average molecular weight is 285 g/mol. The number of nitrogens with zero attached hydrogens (tertiary/aromatic N) is 1. The third-order valence-electron chi connectivity index (χ3n) is 4.59. The fraction of sp³-hybridized carbons (Fsp3) is 1.00. The van der Waals surface area contributed by atoms with Crippen LogP contribution in [0.4, 0.5) is 0 Å². The summed E-state index contributed by atoms with van der Waals surface area (Å²) in [5, 5.41) is 0. The summed E-state index contributed by atoms with van der Waals surface area (Å²) in [7, 11) is 0. The minimum absolute atomic E-state index is 0.219. The van der Waals surface area contributed by atoms with E-state index in [1.165, 1.54) is 77.3 Å². The second-order valence-corrected chi connectivity index (χ2v) is 6.56. The highest BCUT2D eigenvalue weighted by Crippen LogP contribution is 2.23. The number of unbranched alkanes of at least 4 members (excludes halogenated alkanes) is 6. The minimum Gasteiger partial charge on any atom is -0.329 e. The van der Waals surface area contributed by atoms with E-state index in [1.807, 2.05) is 0 Å². The first kappa shape index (κ1) is 19.9. The van der Waals surface area contributed by atoms with E-state index >= 15 is 0 Å². The number of hydrogen-bond acceptors (Lipinski definition) is 2. The largest absolute Gasteiger partial charge is 0.329 e. The Balaban J connectivity index is 4.32. The average Bonchev–Trinajstić information content (AvgIpc) is 2.47. The fourth-order valence-corrected chi connectivity index (χ4v) is 2.85. The molecule has 1 atom stereocenters. The molecule has 0 bridgehead atoms. The van der Waals surface area contributed by atoms with Crippen LogP contribution in [0.1, 0.15) is 91.9 Å². The van der Waals surface area contributed by atoms with Gasteiger partial charge in [-0.2, -0.15) is 0 Å². The van der Waals surface area contributed by atoms with Crippen LogP contribution in [-0.4, -0.2) is 30.1 Å². The molecule has 0 heterocycles. The topological polar surface area (TPSA) is 29.3 Å². The standard InChI is InChI=1S/C18H40N2/c1-5-8-11-12-13-14-18(4,17-19)20(15-9-6-2)16-10-7-3/h5-17,19H2,1-4H3. The molecule has 2 heteroatoms. The molecule has 2 nitrogen and oxygen atoms in total. The summed E-state index contributed by atoms with van der Waals surface area (Å²) in [4.78, 5) is 2.68. The van der Waals surface area contributed by atoms with Crippen LogP contribution in [0.5, 0.6) is 0 Å². The first-order valence-corrected chi connectivity index (χ1v) is 9.09. The van der Waals surface area contributed by atoms with Crippen molar-refractivity contribution >= 4 is 0 Å². The van der Waals surface area contributed by atoms with E-state index in [0.717, 1.165) is 6.54 Å². The van der Waals surface area contributed by atoms with Crippen LogP contribution in [0.2, 0.25) is 0 Å². The molecule has 0 aromatic carbocycles. The van der Waals surface area contributed by atoms with E-state index in [9.17, 15) is 0 Å². The van der Waals surface area contributed by atoms with Gasteiger partial charge in [-0.05, 0) is 39.3 Å². The molecule has 0 amide bonds. The molecular formula is C18H40N2. The van der Waals surface area contributed by atoms with Crippen molar-refractivity contribution in [1.29, 1.82) is 0 Å². The van der Waals surface area contributed by atoms with Gasteiger partial charge in [0.15, 0.2) is 0 Å². The van der Waals surface area contributed by atoms with Crippen LogP contribution in [0.3, 0.4) is 0 Å². The summed E-state index contributed by atoms with van der Waals surface area (Å²) < 4.78 is 0. The van der Waals surface area contributed by atoms with Gasteiger partial charge in [-0.1, -0.05) is 65.7 Å². The highest BCUT2D eigenvalue weighted by atomic mass is 15.2. The third-order valence-corrected chi connectivity index (χ3v) is 4.59. The molecule has 0 aliphatic heterocycles. The van der Waals surface area contributed by atoms with Crippen molar-refractivity contribution in [3.63, 3.8) is 0 Å². The van der Waals surface area contributed by atoms with E-state index in [-0.39, 0.29) is 5.54 Å². The van der Waals surface area contributed by atoms with Crippen LogP contribution in [0.15, 0.2) is 0 Å². The van der Waals surface area contributed by atoms with E-state index in [4.69, 9.17) is 5.73 Å². The monoisotopic (exact) mass is 284 g/mol. The zero-order valence-corrected chi connectivity index (χ0v) is 14.7. The zero-order valence-electron chi connectivity index (χ0n) is 14.7. The highest BCUT2D eigenvalue weighted by Gasteiger charge is 2.28. The molecule has 1 unspecified atom stereocenters. The Morgan fingerprint density at radius 1 is 0.750 bits per heavy atom. The number of hydrogen-bond donors (Lipinski definition) is 1. The van der Waals surface area contributed by atoms with Crippen LogP contribution in [-0.2, 0) is 0 Å². The van der Waals surface area contributed by atoms with Gasteiger partial charge in [0.25, 0.3) is 0 Å². The predicted octanol–water partition coefficient (Wildman–Crippen LogP) is 4.97. The summed E-state index contributed by atoms with van der Waals surface area (Å²) in [5.74, 6) is 0. The molecule has 0 aliphatic carbocycles. The Morgan fingerprint density at radius 2 is 1.25 bits per heavy atom. The van der Waals surface area contributed by atoms with Crippen LogP contribution < -0.4 is 5.73 Å². The normalized spacial score (nSPS) is 14.7. The number of rotatable bonds is 14. The molecule has 0 aromatic rings. The summed E-state index contributed by atoms with van der Waals surface area (Å²) >= 11 is 0. The van der Waals surface area contributed by atoms with Crippen molar-refractivity contribution < 1.29 is 0 Å². The molecule has 0 radical (unpaired) electrons. The molecule has 0 aromatic heterocycles. The summed E-state index contributed by atoms with van der Waals surface area (Å²) in [6, 6.07) is 0. The van der Waals surface area contributed by atoms with Gasteiger partial charge in [-0.15, -0.1) is 0 Å². The van der Waals surface area contributed by atoms with Gasteiger partial charge < -0.3 is 5.73 Å². The summed E-state index contributed by atoms with van der Waals surface area (Å²) in [6.45, 7) is 12.5. The first-order chi connectivity index (χ1) is 9.64. The van der Waals surface area contributed by atoms with E-state index < -0.39 is 0 Å². The van der Waals surface area contributed by atoms with Crippen molar-refractivity contribution in [3.05, 3.63) is 0 Å². The maximum absolute atomic E-state index is 6.15. The van der Waals surface area contributed by atoms with Crippen molar-refractivity contribution in [3.8, 4) is 0 Å². The summed E-state index contributed by atoms with van der Waals surface area (Å²) in [6.07, 6.45) is 13.2.